The highest BCUT2D eigenvalue weighted by Crippen LogP contribution is 2.33. The predicted molar refractivity (Wildman–Crippen MR) is 99.2 cm³/mol. The van der Waals surface area contributed by atoms with Crippen LogP contribution in [-0.4, -0.2) is 48.3 Å². The van der Waals surface area contributed by atoms with Crippen molar-refractivity contribution in [2.45, 2.75) is 32.9 Å². The molecule has 29 heavy (non-hydrogen) atoms. The highest BCUT2D eigenvalue weighted by molar-refractivity contribution is 6.00. The molecule has 3 aromatic heterocycles. The summed E-state index contributed by atoms with van der Waals surface area (Å²) in [5.74, 6) is 0.00840. The zero-order chi connectivity index (χ0) is 20.9. The lowest BCUT2D eigenvalue weighted by Gasteiger charge is -2.30. The topological polar surface area (TPSA) is 68.3 Å². The Morgan fingerprint density at radius 1 is 1.31 bits per heavy atom. The SMILES string of the molecule is Cc1nn(C)cc1-c1cc(C(F)(F)F)n2ncc(C(=O)N3CCCC(C)C3)c2n1. The van der Waals surface area contributed by atoms with Crippen molar-refractivity contribution in [3.63, 3.8) is 0 Å². The lowest BCUT2D eigenvalue weighted by molar-refractivity contribution is -0.142. The number of amides is 1. The number of carbonyl (C=O) groups is 1. The molecule has 154 valence electrons. The highest BCUT2D eigenvalue weighted by atomic mass is 19.4. The van der Waals surface area contributed by atoms with Crippen LogP contribution in [0.1, 0.15) is 41.5 Å². The first kappa shape index (κ1) is 19.4. The van der Waals surface area contributed by atoms with Crippen molar-refractivity contribution in [2.24, 2.45) is 13.0 Å². The van der Waals surface area contributed by atoms with E-state index >= 15 is 0 Å². The average molecular weight is 406 g/mol. The molecule has 0 N–H and O–H groups in total. The summed E-state index contributed by atoms with van der Waals surface area (Å²) in [5, 5.41) is 8.03. The molecule has 1 saturated heterocycles. The van der Waals surface area contributed by atoms with Crippen molar-refractivity contribution in [2.75, 3.05) is 13.1 Å². The molecular formula is C19H21F3N6O. The second kappa shape index (κ2) is 6.85. The van der Waals surface area contributed by atoms with Gasteiger partial charge in [0.1, 0.15) is 5.56 Å². The molecule has 0 saturated carbocycles. The van der Waals surface area contributed by atoms with E-state index in [-0.39, 0.29) is 22.8 Å². The Labute approximate surface area is 165 Å². The minimum absolute atomic E-state index is 0.0768. The Hall–Kier alpha value is -2.91. The quantitative estimate of drug-likeness (QED) is 0.655. The Balaban J connectivity index is 1.88. The molecule has 7 nitrogen and oxygen atoms in total. The van der Waals surface area contributed by atoms with E-state index in [1.54, 1.807) is 25.1 Å². The lowest BCUT2D eigenvalue weighted by atomic mass is 10.00. The van der Waals surface area contributed by atoms with Gasteiger partial charge in [-0.2, -0.15) is 23.4 Å². The number of likely N-dealkylation sites (tertiary alicyclic amines) is 1. The van der Waals surface area contributed by atoms with Crippen LogP contribution in [0.3, 0.4) is 0 Å². The van der Waals surface area contributed by atoms with Crippen molar-refractivity contribution in [3.8, 4) is 11.3 Å². The third-order valence-electron chi connectivity index (χ3n) is 5.23. The van der Waals surface area contributed by atoms with Crippen molar-refractivity contribution in [1.29, 1.82) is 0 Å². The largest absolute Gasteiger partial charge is 0.433 e. The fourth-order valence-corrected chi connectivity index (χ4v) is 3.85. The summed E-state index contributed by atoms with van der Waals surface area (Å²) in [6, 6.07) is 0.946. The van der Waals surface area contributed by atoms with E-state index in [0.717, 1.165) is 18.9 Å². The Morgan fingerprint density at radius 3 is 2.69 bits per heavy atom. The normalized spacial score (nSPS) is 17.9. The number of nitrogens with zero attached hydrogens (tertiary/aromatic N) is 6. The number of alkyl halides is 3. The number of aryl methyl sites for hydroxylation is 2. The van der Waals surface area contributed by atoms with Gasteiger partial charge in [-0.25, -0.2) is 9.50 Å². The van der Waals surface area contributed by atoms with Gasteiger partial charge in [0.05, 0.1) is 17.6 Å². The van der Waals surface area contributed by atoms with Gasteiger partial charge in [-0.1, -0.05) is 6.92 Å². The van der Waals surface area contributed by atoms with Crippen LogP contribution < -0.4 is 0 Å². The summed E-state index contributed by atoms with van der Waals surface area (Å²) in [5.41, 5.74) is 0.138. The zero-order valence-electron chi connectivity index (χ0n) is 16.4. The van der Waals surface area contributed by atoms with Gasteiger partial charge < -0.3 is 4.90 Å². The van der Waals surface area contributed by atoms with Crippen LogP contribution in [-0.2, 0) is 13.2 Å². The number of hydrogen-bond donors (Lipinski definition) is 0. The standard InChI is InChI=1S/C19H21F3N6O/c1-11-5-4-6-27(9-11)18(29)13-8-23-28-16(19(20,21)22)7-15(24-17(13)28)14-10-26(3)25-12(14)2/h7-8,10-11H,4-6,9H2,1-3H3. The molecule has 3 aromatic rings. The Morgan fingerprint density at radius 2 is 2.07 bits per heavy atom. The van der Waals surface area contributed by atoms with Gasteiger partial charge in [-0.15, -0.1) is 0 Å². The fourth-order valence-electron chi connectivity index (χ4n) is 3.85. The number of hydrogen-bond acceptors (Lipinski definition) is 4. The molecule has 1 aliphatic heterocycles. The number of rotatable bonds is 2. The molecule has 1 fully saturated rings. The summed E-state index contributed by atoms with van der Waals surface area (Å²) in [7, 11) is 1.69. The van der Waals surface area contributed by atoms with Crippen molar-refractivity contribution < 1.29 is 18.0 Å². The van der Waals surface area contributed by atoms with E-state index in [1.165, 1.54) is 10.9 Å². The van der Waals surface area contributed by atoms with E-state index in [2.05, 4.69) is 22.1 Å². The molecule has 1 atom stereocenters. The maximum Gasteiger partial charge on any atom is 0.433 e. The molecule has 0 aromatic carbocycles. The van der Waals surface area contributed by atoms with Gasteiger partial charge in [0.25, 0.3) is 5.91 Å². The third-order valence-corrected chi connectivity index (χ3v) is 5.23. The van der Waals surface area contributed by atoms with Gasteiger partial charge >= 0.3 is 6.18 Å². The van der Waals surface area contributed by atoms with Gasteiger partial charge in [-0.3, -0.25) is 9.48 Å². The van der Waals surface area contributed by atoms with Crippen LogP contribution in [0.15, 0.2) is 18.5 Å². The first-order valence-electron chi connectivity index (χ1n) is 9.41. The van der Waals surface area contributed by atoms with Crippen LogP contribution in [0, 0.1) is 12.8 Å². The minimum atomic E-state index is -4.65. The molecule has 4 heterocycles. The number of aromatic nitrogens is 5. The maximum atomic E-state index is 13.7. The van der Waals surface area contributed by atoms with Crippen molar-refractivity contribution in [3.05, 3.63) is 35.4 Å². The molecule has 1 aliphatic rings. The molecule has 0 spiro atoms. The summed E-state index contributed by atoms with van der Waals surface area (Å²) < 4.78 is 43.4. The van der Waals surface area contributed by atoms with E-state index < -0.39 is 11.9 Å². The Kier molecular flexibility index (Phi) is 4.59. The van der Waals surface area contributed by atoms with Gasteiger partial charge in [0.15, 0.2) is 11.3 Å². The number of piperidine rings is 1. The van der Waals surface area contributed by atoms with Gasteiger partial charge in [-0.05, 0) is 31.7 Å². The second-order valence-electron chi connectivity index (χ2n) is 7.62. The molecule has 0 bridgehead atoms. The molecule has 1 unspecified atom stereocenters. The van der Waals surface area contributed by atoms with Crippen LogP contribution in [0.2, 0.25) is 0 Å². The van der Waals surface area contributed by atoms with E-state index in [0.29, 0.717) is 34.8 Å². The van der Waals surface area contributed by atoms with Crippen molar-refractivity contribution in [1.82, 2.24) is 29.3 Å². The summed E-state index contributed by atoms with van der Waals surface area (Å²) in [4.78, 5) is 19.1. The first-order chi connectivity index (χ1) is 13.6. The first-order valence-corrected chi connectivity index (χ1v) is 9.41. The molecule has 10 heteroatoms. The van der Waals surface area contributed by atoms with Crippen LogP contribution >= 0.6 is 0 Å². The number of fused-ring (bicyclic) bond motifs is 1. The summed E-state index contributed by atoms with van der Waals surface area (Å²) in [6.07, 6.45) is 0.0303. The van der Waals surface area contributed by atoms with E-state index in [9.17, 15) is 18.0 Å². The maximum absolute atomic E-state index is 13.7. The van der Waals surface area contributed by atoms with E-state index in [1.807, 2.05) is 0 Å². The van der Waals surface area contributed by atoms with Crippen LogP contribution in [0.25, 0.3) is 16.9 Å². The highest BCUT2D eigenvalue weighted by Gasteiger charge is 2.37. The monoisotopic (exact) mass is 406 g/mol. The van der Waals surface area contributed by atoms with Crippen molar-refractivity contribution >= 4 is 11.6 Å². The average Bonchev–Trinajstić information content (AvgIpc) is 3.22. The zero-order valence-corrected chi connectivity index (χ0v) is 16.4. The molecule has 0 aliphatic carbocycles. The summed E-state index contributed by atoms with van der Waals surface area (Å²) in [6.45, 7) is 4.91. The lowest BCUT2D eigenvalue weighted by Crippen LogP contribution is -2.39. The van der Waals surface area contributed by atoms with Crippen LogP contribution in [0.5, 0.6) is 0 Å². The molecule has 1 amide bonds. The smallest absolute Gasteiger partial charge is 0.338 e. The number of halogens is 3. The third kappa shape index (κ3) is 3.47. The minimum Gasteiger partial charge on any atom is -0.338 e. The van der Waals surface area contributed by atoms with Gasteiger partial charge in [0, 0.05) is 31.9 Å². The fraction of sp³-hybridized carbons (Fsp3) is 0.474. The predicted octanol–water partition coefficient (Wildman–Crippen LogP) is 3.33. The number of carbonyl (C=O) groups excluding carboxylic acids is 1. The van der Waals surface area contributed by atoms with E-state index in [4.69, 9.17) is 0 Å². The van der Waals surface area contributed by atoms with Crippen LogP contribution in [0.4, 0.5) is 13.2 Å². The van der Waals surface area contributed by atoms with Gasteiger partial charge in [0.2, 0.25) is 0 Å². The summed E-state index contributed by atoms with van der Waals surface area (Å²) >= 11 is 0. The molecular weight excluding hydrogens is 385 g/mol. The second-order valence-corrected chi connectivity index (χ2v) is 7.62. The molecule has 0 radical (unpaired) electrons. The Bertz CT molecular complexity index is 1080. The molecule has 4 rings (SSSR count).